The van der Waals surface area contributed by atoms with Crippen LogP contribution < -0.4 is 9.47 Å². The molecule has 1 amide bonds. The number of hydrogen-bond acceptors (Lipinski definition) is 6. The van der Waals surface area contributed by atoms with Crippen LogP contribution in [0.2, 0.25) is 10.0 Å². The van der Waals surface area contributed by atoms with Gasteiger partial charge in [0.05, 0.1) is 21.7 Å². The van der Waals surface area contributed by atoms with Crippen molar-refractivity contribution in [2.75, 3.05) is 46.1 Å². The first-order valence-electron chi connectivity index (χ1n) is 12.1. The number of benzene rings is 2. The zero-order valence-corrected chi connectivity index (χ0v) is 22.2. The molecule has 36 heavy (non-hydrogen) atoms. The fourth-order valence-corrected chi connectivity index (χ4v) is 6.93. The number of nitrogens with zero attached hydrogens (tertiary/aromatic N) is 3. The molecule has 3 heterocycles. The molecular formula is C25H29Cl2N3O5S. The fraction of sp³-hybridized carbons (Fsp3) is 0.480. The molecule has 0 saturated carbocycles. The van der Waals surface area contributed by atoms with Gasteiger partial charge in [-0.15, -0.1) is 0 Å². The van der Waals surface area contributed by atoms with Gasteiger partial charge in [0, 0.05) is 45.8 Å². The van der Waals surface area contributed by atoms with Gasteiger partial charge in [-0.1, -0.05) is 35.3 Å². The molecule has 3 aliphatic heterocycles. The molecule has 11 heteroatoms. The highest BCUT2D eigenvalue weighted by Gasteiger charge is 2.35. The first-order valence-corrected chi connectivity index (χ1v) is 14.5. The van der Waals surface area contributed by atoms with Gasteiger partial charge in [0.25, 0.3) is 0 Å². The molecule has 0 aromatic heterocycles. The predicted octanol–water partition coefficient (Wildman–Crippen LogP) is 3.61. The lowest BCUT2D eigenvalue weighted by Crippen LogP contribution is -2.52. The minimum absolute atomic E-state index is 0.0483. The Morgan fingerprint density at radius 3 is 2.44 bits per heavy atom. The molecule has 0 spiro atoms. The molecule has 2 aromatic rings. The van der Waals surface area contributed by atoms with Gasteiger partial charge in [-0.3, -0.25) is 9.69 Å². The molecule has 5 rings (SSSR count). The highest BCUT2D eigenvalue weighted by molar-refractivity contribution is 7.88. The third-order valence-corrected chi connectivity index (χ3v) is 9.54. The highest BCUT2D eigenvalue weighted by Crippen LogP contribution is 2.33. The van der Waals surface area contributed by atoms with E-state index in [1.165, 1.54) is 4.31 Å². The summed E-state index contributed by atoms with van der Waals surface area (Å²) in [6.45, 7) is 4.50. The third kappa shape index (κ3) is 5.75. The van der Waals surface area contributed by atoms with Crippen molar-refractivity contribution < 1.29 is 22.7 Å². The molecule has 1 atom stereocenters. The van der Waals surface area contributed by atoms with Crippen molar-refractivity contribution in [3.63, 3.8) is 0 Å². The second kappa shape index (κ2) is 10.8. The molecule has 8 nitrogen and oxygen atoms in total. The number of sulfonamides is 1. The summed E-state index contributed by atoms with van der Waals surface area (Å²) < 4.78 is 38.5. The zero-order valence-electron chi connectivity index (χ0n) is 19.9. The van der Waals surface area contributed by atoms with Gasteiger partial charge in [0.2, 0.25) is 22.7 Å². The van der Waals surface area contributed by atoms with Crippen LogP contribution in [-0.2, 0) is 27.1 Å². The summed E-state index contributed by atoms with van der Waals surface area (Å²) in [5.41, 5.74) is 1.73. The number of halogens is 2. The van der Waals surface area contributed by atoms with Crippen molar-refractivity contribution in [1.82, 2.24) is 14.1 Å². The third-order valence-electron chi connectivity index (χ3n) is 6.99. The highest BCUT2D eigenvalue weighted by atomic mass is 35.5. The second-order valence-corrected chi connectivity index (χ2v) is 12.3. The van der Waals surface area contributed by atoms with Gasteiger partial charge in [0.15, 0.2) is 11.5 Å². The van der Waals surface area contributed by atoms with E-state index in [-0.39, 0.29) is 30.9 Å². The van der Waals surface area contributed by atoms with E-state index in [1.807, 2.05) is 23.1 Å². The van der Waals surface area contributed by atoms with Crippen LogP contribution in [0.25, 0.3) is 0 Å². The number of fused-ring (bicyclic) bond motifs is 1. The van der Waals surface area contributed by atoms with E-state index in [0.29, 0.717) is 48.1 Å². The molecule has 3 aliphatic rings. The molecule has 194 valence electrons. The second-order valence-electron chi connectivity index (χ2n) is 9.49. The number of amides is 1. The lowest BCUT2D eigenvalue weighted by molar-refractivity contribution is -0.138. The van der Waals surface area contributed by atoms with Gasteiger partial charge >= 0.3 is 0 Å². The monoisotopic (exact) mass is 553 g/mol. The molecule has 2 saturated heterocycles. The summed E-state index contributed by atoms with van der Waals surface area (Å²) in [4.78, 5) is 17.5. The summed E-state index contributed by atoms with van der Waals surface area (Å²) in [7, 11) is -3.58. The summed E-state index contributed by atoms with van der Waals surface area (Å²) in [6, 6.07) is 10.8. The Morgan fingerprint density at radius 1 is 0.917 bits per heavy atom. The molecule has 2 aromatic carbocycles. The van der Waals surface area contributed by atoms with E-state index in [4.69, 9.17) is 32.7 Å². The normalized spacial score (nSPS) is 21.1. The summed E-state index contributed by atoms with van der Waals surface area (Å²) in [6.07, 6.45) is 1.37. The van der Waals surface area contributed by atoms with Crippen LogP contribution in [0.1, 0.15) is 24.0 Å². The van der Waals surface area contributed by atoms with E-state index in [9.17, 15) is 13.2 Å². The Kier molecular flexibility index (Phi) is 7.65. The molecular weight excluding hydrogens is 525 g/mol. The fourth-order valence-electron chi connectivity index (χ4n) is 5.01. The van der Waals surface area contributed by atoms with Gasteiger partial charge < -0.3 is 14.4 Å². The van der Waals surface area contributed by atoms with Crippen LogP contribution in [0, 0.1) is 5.92 Å². The quantitative estimate of drug-likeness (QED) is 0.543. The maximum absolute atomic E-state index is 13.3. The van der Waals surface area contributed by atoms with Gasteiger partial charge in [-0.25, -0.2) is 12.7 Å². The van der Waals surface area contributed by atoms with Crippen LogP contribution in [0.3, 0.4) is 0 Å². The van der Waals surface area contributed by atoms with Crippen molar-refractivity contribution in [1.29, 1.82) is 0 Å². The largest absolute Gasteiger partial charge is 0.454 e. The topological polar surface area (TPSA) is 79.4 Å². The average molecular weight is 554 g/mol. The van der Waals surface area contributed by atoms with Crippen LogP contribution in [0.4, 0.5) is 0 Å². The predicted molar refractivity (Wildman–Crippen MR) is 138 cm³/mol. The summed E-state index contributed by atoms with van der Waals surface area (Å²) in [5.74, 6) is 1.12. The molecule has 0 N–H and O–H groups in total. The van der Waals surface area contributed by atoms with Gasteiger partial charge in [-0.05, 0) is 48.2 Å². The number of ether oxygens (including phenoxy) is 2. The van der Waals surface area contributed by atoms with Crippen LogP contribution in [0.15, 0.2) is 36.4 Å². The number of piperidine rings is 1. The average Bonchev–Trinajstić information content (AvgIpc) is 3.34. The van der Waals surface area contributed by atoms with E-state index >= 15 is 0 Å². The first-order chi connectivity index (χ1) is 17.3. The van der Waals surface area contributed by atoms with Crippen LogP contribution in [0.5, 0.6) is 11.5 Å². The Morgan fingerprint density at radius 2 is 1.67 bits per heavy atom. The number of carbonyl (C=O) groups is 1. The Hall–Kier alpha value is -2.04. The molecule has 0 radical (unpaired) electrons. The Labute approximate surface area is 221 Å². The first kappa shape index (κ1) is 25.6. The smallest absolute Gasteiger partial charge is 0.231 e. The van der Waals surface area contributed by atoms with Crippen molar-refractivity contribution in [2.24, 2.45) is 5.92 Å². The van der Waals surface area contributed by atoms with E-state index in [2.05, 4.69) is 4.90 Å². The SMILES string of the molecule is O=C([C@H]1CCCN(S(=O)(=O)Cc2ccc(Cl)c(Cl)c2)C1)N1CCN(Cc2ccc3c(c2)OCO3)CC1. The van der Waals surface area contributed by atoms with Crippen molar-refractivity contribution in [2.45, 2.75) is 25.1 Å². The standard InChI is InChI=1S/C25H29Cl2N3O5S/c26-21-5-3-19(12-22(21)27)16-36(32,33)30-7-1-2-20(15-30)25(31)29-10-8-28(9-11-29)14-18-4-6-23-24(13-18)35-17-34-23/h3-6,12-13,20H,1-2,7-11,14-17H2/t20-/m0/s1. The van der Waals surface area contributed by atoms with E-state index in [1.54, 1.807) is 18.2 Å². The number of piperazine rings is 1. The summed E-state index contributed by atoms with van der Waals surface area (Å²) in [5, 5.41) is 0.714. The van der Waals surface area contributed by atoms with Crippen LogP contribution in [-0.4, -0.2) is 74.5 Å². The van der Waals surface area contributed by atoms with Crippen molar-refractivity contribution in [3.8, 4) is 11.5 Å². The summed E-state index contributed by atoms with van der Waals surface area (Å²) >= 11 is 12.0. The lowest BCUT2D eigenvalue weighted by atomic mass is 9.97. The number of hydrogen-bond donors (Lipinski definition) is 0. The number of carbonyl (C=O) groups excluding carboxylic acids is 1. The maximum atomic E-state index is 13.3. The zero-order chi connectivity index (χ0) is 25.3. The van der Waals surface area contributed by atoms with E-state index in [0.717, 1.165) is 36.7 Å². The van der Waals surface area contributed by atoms with Crippen LogP contribution >= 0.6 is 23.2 Å². The minimum atomic E-state index is -3.58. The molecule has 0 unspecified atom stereocenters. The molecule has 0 aliphatic carbocycles. The Balaban J connectivity index is 1.14. The van der Waals surface area contributed by atoms with Gasteiger partial charge in [-0.2, -0.15) is 0 Å². The molecule has 2 fully saturated rings. The van der Waals surface area contributed by atoms with E-state index < -0.39 is 10.0 Å². The number of rotatable bonds is 6. The maximum Gasteiger partial charge on any atom is 0.231 e. The minimum Gasteiger partial charge on any atom is -0.454 e. The van der Waals surface area contributed by atoms with Crippen molar-refractivity contribution in [3.05, 3.63) is 57.6 Å². The Bertz CT molecular complexity index is 1230. The van der Waals surface area contributed by atoms with Crippen molar-refractivity contribution >= 4 is 39.1 Å². The van der Waals surface area contributed by atoms with Gasteiger partial charge in [0.1, 0.15) is 0 Å². The molecule has 0 bridgehead atoms. The lowest BCUT2D eigenvalue weighted by Gasteiger charge is -2.38.